The number of nitrogens with zero attached hydrogens (tertiary/aromatic N) is 1. The lowest BCUT2D eigenvalue weighted by molar-refractivity contribution is -0.137. The fourth-order valence-electron chi connectivity index (χ4n) is 0.600. The van der Waals surface area contributed by atoms with Gasteiger partial charge >= 0.3 is 12.4 Å². The van der Waals surface area contributed by atoms with Gasteiger partial charge in [-0.2, -0.15) is 0 Å². The number of hydrogen-bond acceptors (Lipinski definition) is 3. The molecule has 74 valence electrons. The third-order valence-electron chi connectivity index (χ3n) is 1.08. The first kappa shape index (κ1) is 11.5. The van der Waals surface area contributed by atoms with E-state index in [0.29, 0.717) is 0 Å². The Morgan fingerprint density at radius 3 is 2.08 bits per heavy atom. The summed E-state index contributed by atoms with van der Waals surface area (Å²) in [7, 11) is 2.86. The molecule has 0 aromatic heterocycles. The Morgan fingerprint density at radius 2 is 1.85 bits per heavy atom. The number of aliphatic carboxylic acids is 1. The number of carbonyl (C=O) groups is 2. The molecule has 0 rings (SSSR count). The second-order valence-corrected chi connectivity index (χ2v) is 2.48. The van der Waals surface area contributed by atoms with Gasteiger partial charge in [0, 0.05) is 20.3 Å². The fraction of sp³-hybridized carbons (Fsp3) is 0.429. The van der Waals surface area contributed by atoms with Crippen LogP contribution in [0.5, 0.6) is 0 Å². The van der Waals surface area contributed by atoms with Gasteiger partial charge in [0.05, 0.1) is 0 Å². The molecule has 1 N–H and O–H groups in total. The van der Waals surface area contributed by atoms with E-state index in [0.717, 1.165) is 6.20 Å². The summed E-state index contributed by atoms with van der Waals surface area (Å²) in [5.74, 6) is -3.33. The summed E-state index contributed by atoms with van der Waals surface area (Å²) >= 11 is 0. The van der Waals surface area contributed by atoms with Crippen molar-refractivity contribution >= 4 is 11.8 Å². The Kier molecular flexibility index (Phi) is 4.03. The van der Waals surface area contributed by atoms with Gasteiger partial charge in [-0.1, -0.05) is 0 Å². The first-order valence-electron chi connectivity index (χ1n) is 3.30. The van der Waals surface area contributed by atoms with Gasteiger partial charge in [-0.25, -0.2) is 13.6 Å². The van der Waals surface area contributed by atoms with Crippen molar-refractivity contribution in [2.45, 2.75) is 6.43 Å². The largest absolute Gasteiger partial charge is 0.478 e. The summed E-state index contributed by atoms with van der Waals surface area (Å²) in [6, 6.07) is 0. The molecule has 0 amide bonds. The molecular formula is C7H9F2NO3. The smallest absolute Gasteiger partial charge is 0.341 e. The number of carbonyl (C=O) groups excluding carboxylic acids is 1. The number of hydrogen-bond donors (Lipinski definition) is 1. The minimum Gasteiger partial charge on any atom is -0.478 e. The van der Waals surface area contributed by atoms with E-state index in [4.69, 9.17) is 5.11 Å². The maximum absolute atomic E-state index is 11.8. The van der Waals surface area contributed by atoms with Crippen molar-refractivity contribution < 1.29 is 23.5 Å². The summed E-state index contributed by atoms with van der Waals surface area (Å²) < 4.78 is 23.6. The molecule has 0 aliphatic rings. The van der Waals surface area contributed by atoms with Crippen molar-refractivity contribution in [2.24, 2.45) is 0 Å². The van der Waals surface area contributed by atoms with Crippen LogP contribution >= 0.6 is 0 Å². The maximum Gasteiger partial charge on any atom is 0.341 e. The van der Waals surface area contributed by atoms with E-state index in [2.05, 4.69) is 0 Å². The van der Waals surface area contributed by atoms with Gasteiger partial charge < -0.3 is 10.0 Å². The van der Waals surface area contributed by atoms with E-state index >= 15 is 0 Å². The van der Waals surface area contributed by atoms with Crippen molar-refractivity contribution in [3.05, 3.63) is 11.8 Å². The van der Waals surface area contributed by atoms with Gasteiger partial charge in [0.2, 0.25) is 5.78 Å². The van der Waals surface area contributed by atoms with Crippen molar-refractivity contribution in [1.82, 2.24) is 4.90 Å². The van der Waals surface area contributed by atoms with Gasteiger partial charge in [-0.05, 0) is 0 Å². The molecule has 0 saturated carbocycles. The summed E-state index contributed by atoms with van der Waals surface area (Å²) in [6.07, 6.45) is -2.45. The van der Waals surface area contributed by atoms with Crippen molar-refractivity contribution in [2.75, 3.05) is 14.1 Å². The van der Waals surface area contributed by atoms with Gasteiger partial charge in [0.15, 0.2) is 0 Å². The van der Waals surface area contributed by atoms with Crippen LogP contribution in [0.4, 0.5) is 8.78 Å². The monoisotopic (exact) mass is 193 g/mol. The number of ketones is 1. The molecule has 0 radical (unpaired) electrons. The molecule has 0 spiro atoms. The Bertz CT molecular complexity index is 248. The molecule has 0 unspecified atom stereocenters. The second-order valence-electron chi connectivity index (χ2n) is 2.48. The van der Waals surface area contributed by atoms with Crippen LogP contribution in [0, 0.1) is 0 Å². The zero-order valence-electron chi connectivity index (χ0n) is 7.12. The van der Waals surface area contributed by atoms with Crippen molar-refractivity contribution in [3.63, 3.8) is 0 Å². The SMILES string of the molecule is CN(C)/C=C(\C(=O)O)C(=O)C(F)F. The summed E-state index contributed by atoms with van der Waals surface area (Å²) in [6.45, 7) is 0. The molecule has 6 heteroatoms. The van der Waals surface area contributed by atoms with Crippen molar-refractivity contribution in [3.8, 4) is 0 Å². The average molecular weight is 193 g/mol. The summed E-state index contributed by atoms with van der Waals surface area (Å²) in [4.78, 5) is 22.1. The minimum atomic E-state index is -3.29. The molecule has 0 atom stereocenters. The number of rotatable bonds is 4. The highest BCUT2D eigenvalue weighted by Crippen LogP contribution is 2.06. The van der Waals surface area contributed by atoms with Gasteiger partial charge in [0.25, 0.3) is 0 Å². The average Bonchev–Trinajstić information content (AvgIpc) is 1.97. The Hall–Kier alpha value is -1.46. The van der Waals surface area contributed by atoms with Crippen LogP contribution in [0.3, 0.4) is 0 Å². The van der Waals surface area contributed by atoms with Crippen LogP contribution < -0.4 is 0 Å². The predicted molar refractivity (Wildman–Crippen MR) is 40.4 cm³/mol. The Labute approximate surface area is 73.4 Å². The highest BCUT2D eigenvalue weighted by Gasteiger charge is 2.25. The standard InChI is InChI=1S/C7H9F2NO3/c1-10(2)3-4(7(12)13)5(11)6(8)9/h3,6H,1-2H3,(H,12,13)/b4-3-. The molecule has 0 fully saturated rings. The van der Waals surface area contributed by atoms with Crippen LogP contribution in [0.1, 0.15) is 0 Å². The highest BCUT2D eigenvalue weighted by molar-refractivity contribution is 6.17. The number of Topliss-reactive ketones (excluding diaryl/α,β-unsaturated/α-hetero) is 1. The van der Waals surface area contributed by atoms with E-state index in [9.17, 15) is 18.4 Å². The van der Waals surface area contributed by atoms with E-state index in [1.54, 1.807) is 0 Å². The lowest BCUT2D eigenvalue weighted by atomic mass is 10.2. The third-order valence-corrected chi connectivity index (χ3v) is 1.08. The van der Waals surface area contributed by atoms with E-state index in [1.165, 1.54) is 19.0 Å². The Balaban J connectivity index is 4.83. The van der Waals surface area contributed by atoms with Crippen LogP contribution in [0.15, 0.2) is 11.8 Å². The van der Waals surface area contributed by atoms with E-state index < -0.39 is 23.8 Å². The van der Waals surface area contributed by atoms with Gasteiger partial charge in [-0.3, -0.25) is 4.79 Å². The molecule has 13 heavy (non-hydrogen) atoms. The Morgan fingerprint density at radius 1 is 1.38 bits per heavy atom. The molecule has 0 aromatic carbocycles. The second kappa shape index (κ2) is 4.54. The normalized spacial score (nSPS) is 11.6. The molecule has 0 aliphatic carbocycles. The number of carboxylic acids is 1. The summed E-state index contributed by atoms with van der Waals surface area (Å²) in [5, 5.41) is 8.39. The lowest BCUT2D eigenvalue weighted by Crippen LogP contribution is -2.21. The predicted octanol–water partition coefficient (Wildman–Crippen LogP) is 0.351. The molecule has 4 nitrogen and oxygen atoms in total. The first-order chi connectivity index (χ1) is 5.86. The van der Waals surface area contributed by atoms with Gasteiger partial charge in [-0.15, -0.1) is 0 Å². The van der Waals surface area contributed by atoms with Gasteiger partial charge in [0.1, 0.15) is 5.57 Å². The topological polar surface area (TPSA) is 57.6 Å². The number of halogens is 2. The number of alkyl halides is 2. The molecule has 0 heterocycles. The summed E-state index contributed by atoms with van der Waals surface area (Å²) in [5.41, 5.74) is -0.917. The molecule has 0 bridgehead atoms. The molecule has 0 aliphatic heterocycles. The van der Waals surface area contributed by atoms with Crippen LogP contribution in [0.2, 0.25) is 0 Å². The fourth-order valence-corrected chi connectivity index (χ4v) is 0.600. The van der Waals surface area contributed by atoms with Crippen LogP contribution in [-0.2, 0) is 9.59 Å². The van der Waals surface area contributed by atoms with E-state index in [1.807, 2.05) is 0 Å². The molecule has 0 aromatic rings. The maximum atomic E-state index is 11.8. The van der Waals surface area contributed by atoms with E-state index in [-0.39, 0.29) is 0 Å². The quantitative estimate of drug-likeness (QED) is 0.397. The highest BCUT2D eigenvalue weighted by atomic mass is 19.3. The first-order valence-corrected chi connectivity index (χ1v) is 3.30. The molecular weight excluding hydrogens is 184 g/mol. The van der Waals surface area contributed by atoms with Crippen molar-refractivity contribution in [1.29, 1.82) is 0 Å². The zero-order chi connectivity index (χ0) is 10.6. The third kappa shape index (κ3) is 3.64. The minimum absolute atomic E-state index is 0.844. The molecule has 0 saturated heterocycles. The zero-order valence-corrected chi connectivity index (χ0v) is 7.12. The van der Waals surface area contributed by atoms with Crippen LogP contribution in [-0.4, -0.2) is 42.3 Å². The van der Waals surface area contributed by atoms with Crippen LogP contribution in [0.25, 0.3) is 0 Å². The number of carboxylic acid groups (broad SMARTS) is 1. The lowest BCUT2D eigenvalue weighted by Gasteiger charge is -2.06.